The lowest BCUT2D eigenvalue weighted by Crippen LogP contribution is -2.34. The highest BCUT2D eigenvalue weighted by Crippen LogP contribution is 2.38. The molecular weight excluding hydrogens is 234 g/mol. The quantitative estimate of drug-likeness (QED) is 0.687. The average Bonchev–Trinajstić information content (AvgIpc) is 2.41. The molecule has 0 aromatic heterocycles. The van der Waals surface area contributed by atoms with E-state index in [1.54, 1.807) is 11.1 Å². The molecule has 2 nitrogen and oxygen atoms in total. The molecule has 0 aliphatic heterocycles. The lowest BCUT2D eigenvalue weighted by molar-refractivity contribution is 0.134. The van der Waals surface area contributed by atoms with Crippen molar-refractivity contribution in [3.05, 3.63) is 35.4 Å². The zero-order valence-corrected chi connectivity index (χ0v) is 12.3. The Kier molecular flexibility index (Phi) is 5.87. The third kappa shape index (κ3) is 4.05. The first kappa shape index (κ1) is 14.5. The van der Waals surface area contributed by atoms with Gasteiger partial charge >= 0.3 is 0 Å². The van der Waals surface area contributed by atoms with Crippen molar-refractivity contribution in [3.63, 3.8) is 0 Å². The molecule has 2 heteroatoms. The number of ether oxygens (including phenoxy) is 1. The molecular formula is C17H27NO. The molecule has 1 aromatic rings. The number of hydrogen-bond acceptors (Lipinski definition) is 2. The molecule has 0 fully saturated rings. The predicted molar refractivity (Wildman–Crippen MR) is 80.7 cm³/mol. The highest BCUT2D eigenvalue weighted by Gasteiger charge is 2.27. The topological polar surface area (TPSA) is 21.3 Å². The molecule has 0 saturated heterocycles. The van der Waals surface area contributed by atoms with Gasteiger partial charge in [0, 0.05) is 19.3 Å². The fourth-order valence-corrected chi connectivity index (χ4v) is 2.94. The summed E-state index contributed by atoms with van der Waals surface area (Å²) in [5.74, 6) is 0.757. The standard InChI is InChI=1S/C17H27NO/c1-3-10-18-16(9-11-19-4-2)13-15-12-14-7-5-6-8-17(14)15/h5-8,15-16,18H,3-4,9-13H2,1-2H3. The minimum Gasteiger partial charge on any atom is -0.382 e. The fourth-order valence-electron chi connectivity index (χ4n) is 2.94. The summed E-state index contributed by atoms with van der Waals surface area (Å²) in [5.41, 5.74) is 3.12. The van der Waals surface area contributed by atoms with Gasteiger partial charge in [0.25, 0.3) is 0 Å². The molecule has 0 amide bonds. The monoisotopic (exact) mass is 261 g/mol. The van der Waals surface area contributed by atoms with Gasteiger partial charge in [0.1, 0.15) is 0 Å². The lowest BCUT2D eigenvalue weighted by Gasteiger charge is -2.33. The Morgan fingerprint density at radius 2 is 2.16 bits per heavy atom. The number of hydrogen-bond donors (Lipinski definition) is 1. The molecule has 0 bridgehead atoms. The zero-order chi connectivity index (χ0) is 13.5. The van der Waals surface area contributed by atoms with Crippen molar-refractivity contribution in [2.24, 2.45) is 0 Å². The van der Waals surface area contributed by atoms with Crippen LogP contribution in [0.4, 0.5) is 0 Å². The molecule has 2 atom stereocenters. The van der Waals surface area contributed by atoms with Crippen molar-refractivity contribution >= 4 is 0 Å². The summed E-state index contributed by atoms with van der Waals surface area (Å²) in [6.45, 7) is 7.12. The highest BCUT2D eigenvalue weighted by molar-refractivity contribution is 5.39. The van der Waals surface area contributed by atoms with Gasteiger partial charge in [0.2, 0.25) is 0 Å². The highest BCUT2D eigenvalue weighted by atomic mass is 16.5. The third-order valence-corrected chi connectivity index (χ3v) is 4.03. The number of nitrogens with one attached hydrogen (secondary N) is 1. The van der Waals surface area contributed by atoms with Gasteiger partial charge in [-0.25, -0.2) is 0 Å². The summed E-state index contributed by atoms with van der Waals surface area (Å²) < 4.78 is 5.51. The van der Waals surface area contributed by atoms with Crippen LogP contribution in [0.5, 0.6) is 0 Å². The van der Waals surface area contributed by atoms with E-state index in [9.17, 15) is 0 Å². The van der Waals surface area contributed by atoms with Crippen molar-refractivity contribution in [1.82, 2.24) is 5.32 Å². The van der Waals surface area contributed by atoms with Crippen molar-refractivity contribution in [2.45, 2.75) is 51.5 Å². The summed E-state index contributed by atoms with van der Waals surface area (Å²) >= 11 is 0. The average molecular weight is 261 g/mol. The normalized spacial score (nSPS) is 18.7. The molecule has 1 aliphatic rings. The second-order valence-corrected chi connectivity index (χ2v) is 5.47. The molecule has 19 heavy (non-hydrogen) atoms. The first-order chi connectivity index (χ1) is 9.35. The zero-order valence-electron chi connectivity index (χ0n) is 12.3. The van der Waals surface area contributed by atoms with Crippen molar-refractivity contribution in [2.75, 3.05) is 19.8 Å². The first-order valence-electron chi connectivity index (χ1n) is 7.74. The van der Waals surface area contributed by atoms with E-state index >= 15 is 0 Å². The van der Waals surface area contributed by atoms with E-state index < -0.39 is 0 Å². The summed E-state index contributed by atoms with van der Waals surface area (Å²) in [6.07, 6.45) is 4.85. The molecule has 0 radical (unpaired) electrons. The Bertz CT molecular complexity index is 377. The van der Waals surface area contributed by atoms with Crippen LogP contribution in [0.25, 0.3) is 0 Å². The second kappa shape index (κ2) is 7.66. The molecule has 1 aliphatic carbocycles. The van der Waals surface area contributed by atoms with Crippen LogP contribution in [0.3, 0.4) is 0 Å². The van der Waals surface area contributed by atoms with E-state index in [-0.39, 0.29) is 0 Å². The van der Waals surface area contributed by atoms with E-state index in [0.717, 1.165) is 32.1 Å². The third-order valence-electron chi connectivity index (χ3n) is 4.03. The van der Waals surface area contributed by atoms with E-state index in [2.05, 4.69) is 43.4 Å². The number of rotatable bonds is 9. The molecule has 1 N–H and O–H groups in total. The fraction of sp³-hybridized carbons (Fsp3) is 0.647. The Balaban J connectivity index is 1.82. The van der Waals surface area contributed by atoms with Gasteiger partial charge in [-0.1, -0.05) is 31.2 Å². The first-order valence-corrected chi connectivity index (χ1v) is 7.74. The maximum absolute atomic E-state index is 5.51. The van der Waals surface area contributed by atoms with Gasteiger partial charge < -0.3 is 10.1 Å². The summed E-state index contributed by atoms with van der Waals surface area (Å²) in [7, 11) is 0. The Morgan fingerprint density at radius 3 is 2.89 bits per heavy atom. The summed E-state index contributed by atoms with van der Waals surface area (Å²) in [6, 6.07) is 9.48. The second-order valence-electron chi connectivity index (χ2n) is 5.47. The summed E-state index contributed by atoms with van der Waals surface area (Å²) in [4.78, 5) is 0. The molecule has 1 aromatic carbocycles. The molecule has 0 spiro atoms. The molecule has 0 heterocycles. The van der Waals surface area contributed by atoms with Crippen LogP contribution in [0.2, 0.25) is 0 Å². The minimum atomic E-state index is 0.602. The molecule has 0 saturated carbocycles. The van der Waals surface area contributed by atoms with Gasteiger partial charge in [-0.15, -0.1) is 0 Å². The van der Waals surface area contributed by atoms with Crippen molar-refractivity contribution < 1.29 is 4.74 Å². The summed E-state index contributed by atoms with van der Waals surface area (Å²) in [5, 5.41) is 3.68. The van der Waals surface area contributed by atoms with Gasteiger partial charge in [-0.05, 0) is 56.2 Å². The van der Waals surface area contributed by atoms with Gasteiger partial charge in [0.05, 0.1) is 0 Å². The Labute approximate surface area is 117 Å². The van der Waals surface area contributed by atoms with Gasteiger partial charge in [-0.3, -0.25) is 0 Å². The Morgan fingerprint density at radius 1 is 1.32 bits per heavy atom. The largest absolute Gasteiger partial charge is 0.382 e. The number of benzene rings is 1. The van der Waals surface area contributed by atoms with Gasteiger partial charge in [0.15, 0.2) is 0 Å². The van der Waals surface area contributed by atoms with Crippen molar-refractivity contribution in [3.8, 4) is 0 Å². The van der Waals surface area contributed by atoms with Crippen LogP contribution in [-0.2, 0) is 11.2 Å². The van der Waals surface area contributed by atoms with Crippen LogP contribution in [0.15, 0.2) is 24.3 Å². The smallest absolute Gasteiger partial charge is 0.0480 e. The molecule has 106 valence electrons. The van der Waals surface area contributed by atoms with Crippen LogP contribution >= 0.6 is 0 Å². The van der Waals surface area contributed by atoms with Gasteiger partial charge in [-0.2, -0.15) is 0 Å². The SMILES string of the molecule is CCCNC(CCOCC)CC1Cc2ccccc21. The maximum atomic E-state index is 5.51. The van der Waals surface area contributed by atoms with E-state index in [4.69, 9.17) is 4.74 Å². The van der Waals surface area contributed by atoms with E-state index in [1.807, 2.05) is 0 Å². The number of fused-ring (bicyclic) bond motifs is 1. The molecule has 2 rings (SSSR count). The van der Waals surface area contributed by atoms with E-state index in [1.165, 1.54) is 19.3 Å². The maximum Gasteiger partial charge on any atom is 0.0480 e. The van der Waals surface area contributed by atoms with E-state index in [0.29, 0.717) is 6.04 Å². The van der Waals surface area contributed by atoms with Crippen LogP contribution in [-0.4, -0.2) is 25.8 Å². The lowest BCUT2D eigenvalue weighted by atomic mass is 9.74. The van der Waals surface area contributed by atoms with Crippen LogP contribution < -0.4 is 5.32 Å². The predicted octanol–water partition coefficient (Wildman–Crippen LogP) is 3.51. The van der Waals surface area contributed by atoms with Crippen LogP contribution in [0, 0.1) is 0 Å². The minimum absolute atomic E-state index is 0.602. The Hall–Kier alpha value is -0.860. The van der Waals surface area contributed by atoms with Crippen molar-refractivity contribution in [1.29, 1.82) is 0 Å². The van der Waals surface area contributed by atoms with Crippen LogP contribution in [0.1, 0.15) is 50.2 Å². The molecule has 2 unspecified atom stereocenters.